The largest absolute Gasteiger partial charge is 0.372 e. The summed E-state index contributed by atoms with van der Waals surface area (Å²) in [6.07, 6.45) is 3.51. The number of pyridine rings is 1. The third kappa shape index (κ3) is 4.66. The molecule has 7 nitrogen and oxygen atoms in total. The molecule has 156 valence electrons. The molecule has 0 aliphatic carbocycles. The number of nitrogens with zero attached hydrogens (tertiary/aromatic N) is 5. The van der Waals surface area contributed by atoms with Crippen molar-refractivity contribution in [1.82, 2.24) is 24.6 Å². The topological polar surface area (TPSA) is 73.1 Å². The monoisotopic (exact) mass is 443 g/mol. The van der Waals surface area contributed by atoms with E-state index in [1.165, 1.54) is 11.8 Å². The summed E-state index contributed by atoms with van der Waals surface area (Å²) in [6, 6.07) is 11.2. The van der Waals surface area contributed by atoms with Crippen LogP contribution in [0.15, 0.2) is 53.9 Å². The molecule has 1 aliphatic rings. The summed E-state index contributed by atoms with van der Waals surface area (Å²) >= 11 is 7.44. The van der Waals surface area contributed by atoms with Crippen molar-refractivity contribution in [1.29, 1.82) is 0 Å². The van der Waals surface area contributed by atoms with Gasteiger partial charge in [-0.3, -0.25) is 14.3 Å². The Labute approximate surface area is 184 Å². The van der Waals surface area contributed by atoms with Crippen molar-refractivity contribution in [3.05, 3.63) is 53.8 Å². The number of morpholine rings is 1. The van der Waals surface area contributed by atoms with Gasteiger partial charge >= 0.3 is 0 Å². The van der Waals surface area contributed by atoms with Gasteiger partial charge in [0.15, 0.2) is 11.0 Å². The summed E-state index contributed by atoms with van der Waals surface area (Å²) < 4.78 is 7.66. The van der Waals surface area contributed by atoms with E-state index in [9.17, 15) is 4.79 Å². The fourth-order valence-electron chi connectivity index (χ4n) is 3.47. The molecule has 30 heavy (non-hydrogen) atoms. The maximum atomic E-state index is 12.8. The van der Waals surface area contributed by atoms with Crippen molar-refractivity contribution in [2.75, 3.05) is 18.8 Å². The van der Waals surface area contributed by atoms with Crippen LogP contribution in [-0.2, 0) is 9.53 Å². The second-order valence-electron chi connectivity index (χ2n) is 7.20. The molecule has 1 aliphatic heterocycles. The van der Waals surface area contributed by atoms with Crippen molar-refractivity contribution >= 4 is 29.3 Å². The van der Waals surface area contributed by atoms with Crippen LogP contribution < -0.4 is 0 Å². The molecule has 1 saturated heterocycles. The first kappa shape index (κ1) is 20.8. The average molecular weight is 444 g/mol. The molecule has 0 bridgehead atoms. The number of amides is 1. The van der Waals surface area contributed by atoms with E-state index in [2.05, 4.69) is 15.2 Å². The number of thioether (sulfide) groups is 1. The van der Waals surface area contributed by atoms with Gasteiger partial charge in [-0.1, -0.05) is 23.4 Å². The zero-order valence-electron chi connectivity index (χ0n) is 16.7. The first-order valence-corrected chi connectivity index (χ1v) is 11.1. The summed E-state index contributed by atoms with van der Waals surface area (Å²) in [5.41, 5.74) is 1.77. The molecular formula is C21H22ClN5O2S. The maximum absolute atomic E-state index is 12.8. The molecule has 1 amide bonds. The van der Waals surface area contributed by atoms with Crippen LogP contribution in [0.4, 0.5) is 0 Å². The van der Waals surface area contributed by atoms with Crippen molar-refractivity contribution in [3.63, 3.8) is 0 Å². The number of rotatable bonds is 5. The van der Waals surface area contributed by atoms with E-state index in [0.717, 1.165) is 11.3 Å². The zero-order chi connectivity index (χ0) is 21.1. The molecule has 2 unspecified atom stereocenters. The van der Waals surface area contributed by atoms with Gasteiger partial charge in [-0.15, -0.1) is 10.2 Å². The van der Waals surface area contributed by atoms with Gasteiger partial charge in [-0.2, -0.15) is 0 Å². The Balaban J connectivity index is 1.59. The van der Waals surface area contributed by atoms with Crippen LogP contribution in [-0.4, -0.2) is 61.6 Å². The molecule has 1 fully saturated rings. The molecular weight excluding hydrogens is 422 g/mol. The van der Waals surface area contributed by atoms with Crippen LogP contribution in [0.25, 0.3) is 17.1 Å². The molecule has 2 atom stereocenters. The van der Waals surface area contributed by atoms with Crippen LogP contribution in [0.3, 0.4) is 0 Å². The van der Waals surface area contributed by atoms with Crippen LogP contribution in [0.5, 0.6) is 0 Å². The highest BCUT2D eigenvalue weighted by Gasteiger charge is 2.26. The van der Waals surface area contributed by atoms with Crippen molar-refractivity contribution in [2.45, 2.75) is 31.2 Å². The zero-order valence-corrected chi connectivity index (χ0v) is 18.3. The highest BCUT2D eigenvalue weighted by Crippen LogP contribution is 2.28. The Bertz CT molecular complexity index is 1000. The highest BCUT2D eigenvalue weighted by molar-refractivity contribution is 7.99. The second kappa shape index (κ2) is 9.16. The van der Waals surface area contributed by atoms with Gasteiger partial charge in [0.1, 0.15) is 0 Å². The molecule has 0 radical (unpaired) electrons. The van der Waals surface area contributed by atoms with E-state index in [-0.39, 0.29) is 23.9 Å². The number of carbonyl (C=O) groups is 1. The lowest BCUT2D eigenvalue weighted by molar-refractivity contribution is -0.140. The number of halogens is 1. The molecule has 0 N–H and O–H groups in total. The summed E-state index contributed by atoms with van der Waals surface area (Å²) in [6.45, 7) is 5.19. The van der Waals surface area contributed by atoms with Crippen LogP contribution in [0.2, 0.25) is 5.02 Å². The van der Waals surface area contributed by atoms with Crippen LogP contribution in [0.1, 0.15) is 13.8 Å². The molecule has 3 heterocycles. The van der Waals surface area contributed by atoms with Crippen molar-refractivity contribution in [3.8, 4) is 17.1 Å². The number of carbonyl (C=O) groups excluding carboxylic acids is 1. The lowest BCUT2D eigenvalue weighted by Gasteiger charge is -2.35. The van der Waals surface area contributed by atoms with Crippen LogP contribution >= 0.6 is 23.4 Å². The fraction of sp³-hybridized carbons (Fsp3) is 0.333. The molecule has 9 heteroatoms. The number of aromatic nitrogens is 4. The molecule has 2 aromatic heterocycles. The van der Waals surface area contributed by atoms with E-state index < -0.39 is 0 Å². The van der Waals surface area contributed by atoms with Gasteiger partial charge in [0.2, 0.25) is 5.91 Å². The number of hydrogen-bond acceptors (Lipinski definition) is 6. The molecule has 0 saturated carbocycles. The number of benzene rings is 1. The lowest BCUT2D eigenvalue weighted by Crippen LogP contribution is -2.48. The predicted octanol–water partition coefficient (Wildman–Crippen LogP) is 3.71. The third-order valence-corrected chi connectivity index (χ3v) is 5.92. The van der Waals surface area contributed by atoms with E-state index >= 15 is 0 Å². The first-order valence-electron chi connectivity index (χ1n) is 9.69. The SMILES string of the molecule is CC1CN(C(=O)CSc2nnc(-c3ccncc3)n2-c2ccc(Cl)cc2)CC(C)O1. The minimum Gasteiger partial charge on any atom is -0.372 e. The summed E-state index contributed by atoms with van der Waals surface area (Å²) in [7, 11) is 0. The highest BCUT2D eigenvalue weighted by atomic mass is 35.5. The molecule has 3 aromatic rings. The molecule has 4 rings (SSSR count). The Hall–Kier alpha value is -2.42. The van der Waals surface area contributed by atoms with E-state index in [4.69, 9.17) is 16.3 Å². The first-order chi connectivity index (χ1) is 14.5. The fourth-order valence-corrected chi connectivity index (χ4v) is 4.45. The van der Waals surface area contributed by atoms with Crippen molar-refractivity contribution in [2.24, 2.45) is 0 Å². The van der Waals surface area contributed by atoms with Gasteiger partial charge in [-0.25, -0.2) is 0 Å². The minimum absolute atomic E-state index is 0.0405. The van der Waals surface area contributed by atoms with Gasteiger partial charge in [0, 0.05) is 41.8 Å². The van der Waals surface area contributed by atoms with Crippen molar-refractivity contribution < 1.29 is 9.53 Å². The van der Waals surface area contributed by atoms with Gasteiger partial charge in [0.05, 0.1) is 18.0 Å². The van der Waals surface area contributed by atoms with E-state index in [1.807, 2.05) is 59.7 Å². The third-order valence-electron chi connectivity index (χ3n) is 4.75. The van der Waals surface area contributed by atoms with E-state index in [0.29, 0.717) is 29.1 Å². The van der Waals surface area contributed by atoms with Gasteiger partial charge < -0.3 is 9.64 Å². The Morgan fingerprint density at radius 2 is 1.77 bits per heavy atom. The standard InChI is InChI=1S/C21H22ClN5O2S/c1-14-11-26(12-15(2)29-14)19(28)13-30-21-25-24-20(16-7-9-23-10-8-16)27(21)18-5-3-17(22)4-6-18/h3-10,14-15H,11-13H2,1-2H3. The molecule has 0 spiro atoms. The second-order valence-corrected chi connectivity index (χ2v) is 8.58. The Morgan fingerprint density at radius 3 is 2.43 bits per heavy atom. The Morgan fingerprint density at radius 1 is 1.10 bits per heavy atom. The van der Waals surface area contributed by atoms with Gasteiger partial charge in [-0.05, 0) is 50.2 Å². The van der Waals surface area contributed by atoms with Crippen LogP contribution in [0, 0.1) is 0 Å². The summed E-state index contributed by atoms with van der Waals surface area (Å²) in [5, 5.41) is 10.0. The summed E-state index contributed by atoms with van der Waals surface area (Å²) in [4.78, 5) is 18.7. The van der Waals surface area contributed by atoms with Gasteiger partial charge in [0.25, 0.3) is 0 Å². The number of ether oxygens (including phenoxy) is 1. The Kier molecular flexibility index (Phi) is 6.36. The molecule has 1 aromatic carbocycles. The summed E-state index contributed by atoms with van der Waals surface area (Å²) in [5.74, 6) is 1.03. The maximum Gasteiger partial charge on any atom is 0.233 e. The normalized spacial score (nSPS) is 19.1. The predicted molar refractivity (Wildman–Crippen MR) is 117 cm³/mol. The smallest absolute Gasteiger partial charge is 0.233 e. The lowest BCUT2D eigenvalue weighted by atomic mass is 10.2. The minimum atomic E-state index is 0.0405. The van der Waals surface area contributed by atoms with E-state index in [1.54, 1.807) is 12.4 Å². The number of hydrogen-bond donors (Lipinski definition) is 0. The quantitative estimate of drug-likeness (QED) is 0.560. The average Bonchev–Trinajstić information content (AvgIpc) is 3.16.